The number of nitrogens with zero attached hydrogens (tertiary/aromatic N) is 4. The van der Waals surface area contributed by atoms with E-state index in [0.29, 0.717) is 37.6 Å². The second-order valence-electron chi connectivity index (χ2n) is 6.24. The molecule has 0 aliphatic carbocycles. The molecule has 9 heteroatoms. The number of aromatic carboxylic acids is 1. The van der Waals surface area contributed by atoms with Crippen molar-refractivity contribution in [2.45, 2.75) is 0 Å². The van der Waals surface area contributed by atoms with Gasteiger partial charge in [0.1, 0.15) is 4.88 Å². The number of carbonyl (C=O) groups is 1. The van der Waals surface area contributed by atoms with Crippen LogP contribution in [0, 0.1) is 0 Å². The molecule has 0 saturated carbocycles. The number of carboxylic acid groups (broad SMARTS) is 1. The van der Waals surface area contributed by atoms with Gasteiger partial charge in [0.05, 0.1) is 35.1 Å². The molecule has 0 amide bonds. The van der Waals surface area contributed by atoms with Crippen LogP contribution in [-0.2, 0) is 4.74 Å². The smallest absolute Gasteiger partial charge is 0.345 e. The van der Waals surface area contributed by atoms with Crippen molar-refractivity contribution in [3.8, 4) is 11.4 Å². The molecule has 136 valence electrons. The van der Waals surface area contributed by atoms with Crippen LogP contribution in [-0.4, -0.2) is 57.5 Å². The Kier molecular flexibility index (Phi) is 3.76. The molecule has 0 atom stereocenters. The second-order valence-corrected chi connectivity index (χ2v) is 7.29. The lowest BCUT2D eigenvalue weighted by Gasteiger charge is -2.28. The standard InChI is InChI=1S/C18H15N5O3S/c24-18(25)14-8-13-15(27-14)17(23-4-6-26-7-5-23)21-16(20-13)10-2-1-3-12-11(10)9-19-22-12/h1-3,8-9H,4-7H2,(H,19,22)(H,24,25). The van der Waals surface area contributed by atoms with Gasteiger partial charge in [-0.15, -0.1) is 11.3 Å². The number of benzene rings is 1. The first kappa shape index (κ1) is 16.2. The highest BCUT2D eigenvalue weighted by atomic mass is 32.1. The molecule has 1 aromatic carbocycles. The topological polar surface area (TPSA) is 104 Å². The largest absolute Gasteiger partial charge is 0.477 e. The van der Waals surface area contributed by atoms with E-state index in [0.717, 1.165) is 27.0 Å². The molecule has 4 aromatic rings. The molecule has 2 N–H and O–H groups in total. The Morgan fingerprint density at radius 1 is 1.26 bits per heavy atom. The molecule has 0 spiro atoms. The molecule has 3 aromatic heterocycles. The third-order valence-electron chi connectivity index (χ3n) is 4.60. The molecule has 1 saturated heterocycles. The van der Waals surface area contributed by atoms with Crippen LogP contribution < -0.4 is 4.90 Å². The zero-order chi connectivity index (χ0) is 18.4. The van der Waals surface area contributed by atoms with E-state index < -0.39 is 5.97 Å². The van der Waals surface area contributed by atoms with E-state index in [1.807, 2.05) is 18.2 Å². The van der Waals surface area contributed by atoms with Crippen LogP contribution in [0.25, 0.3) is 32.5 Å². The maximum atomic E-state index is 11.5. The number of hydrogen-bond donors (Lipinski definition) is 2. The van der Waals surface area contributed by atoms with Crippen molar-refractivity contribution < 1.29 is 14.6 Å². The van der Waals surface area contributed by atoms with E-state index in [-0.39, 0.29) is 4.88 Å². The van der Waals surface area contributed by atoms with E-state index in [4.69, 9.17) is 9.72 Å². The molecular weight excluding hydrogens is 366 g/mol. The summed E-state index contributed by atoms with van der Waals surface area (Å²) in [7, 11) is 0. The molecule has 1 aliphatic heterocycles. The monoisotopic (exact) mass is 381 g/mol. The minimum Gasteiger partial charge on any atom is -0.477 e. The molecular formula is C18H15N5O3S. The Hall–Kier alpha value is -3.04. The average molecular weight is 381 g/mol. The van der Waals surface area contributed by atoms with Crippen LogP contribution in [0.3, 0.4) is 0 Å². The third kappa shape index (κ3) is 2.71. The van der Waals surface area contributed by atoms with Crippen molar-refractivity contribution in [2.24, 2.45) is 0 Å². The molecule has 0 unspecified atom stereocenters. The van der Waals surface area contributed by atoms with Gasteiger partial charge in [-0.25, -0.2) is 14.8 Å². The van der Waals surface area contributed by atoms with Gasteiger partial charge in [-0.1, -0.05) is 12.1 Å². The van der Waals surface area contributed by atoms with Crippen molar-refractivity contribution in [1.82, 2.24) is 20.2 Å². The predicted molar refractivity (Wildman–Crippen MR) is 102 cm³/mol. The zero-order valence-electron chi connectivity index (χ0n) is 14.2. The lowest BCUT2D eigenvalue weighted by molar-refractivity contribution is 0.0702. The van der Waals surface area contributed by atoms with Gasteiger partial charge in [0, 0.05) is 24.0 Å². The number of hydrogen-bond acceptors (Lipinski definition) is 7. The Bertz CT molecular complexity index is 1160. The second kappa shape index (κ2) is 6.29. The van der Waals surface area contributed by atoms with E-state index in [1.54, 1.807) is 12.3 Å². The van der Waals surface area contributed by atoms with E-state index in [9.17, 15) is 9.90 Å². The number of carboxylic acids is 1. The summed E-state index contributed by atoms with van der Waals surface area (Å²) in [4.78, 5) is 23.4. The van der Waals surface area contributed by atoms with Gasteiger partial charge in [0.15, 0.2) is 11.6 Å². The maximum Gasteiger partial charge on any atom is 0.345 e. The van der Waals surface area contributed by atoms with Gasteiger partial charge in [0.2, 0.25) is 0 Å². The number of thiophene rings is 1. The Labute approximate surface area is 157 Å². The number of fused-ring (bicyclic) bond motifs is 2. The summed E-state index contributed by atoms with van der Waals surface area (Å²) < 4.78 is 6.24. The highest BCUT2D eigenvalue weighted by Gasteiger charge is 2.22. The lowest BCUT2D eigenvalue weighted by Crippen LogP contribution is -2.36. The van der Waals surface area contributed by atoms with Gasteiger partial charge < -0.3 is 14.7 Å². The number of aromatic nitrogens is 4. The fourth-order valence-electron chi connectivity index (χ4n) is 3.29. The Balaban J connectivity index is 1.75. The van der Waals surface area contributed by atoms with Crippen LogP contribution in [0.1, 0.15) is 9.67 Å². The quantitative estimate of drug-likeness (QED) is 0.562. The third-order valence-corrected chi connectivity index (χ3v) is 5.71. The average Bonchev–Trinajstić information content (AvgIpc) is 3.34. The van der Waals surface area contributed by atoms with Crippen molar-refractivity contribution in [3.63, 3.8) is 0 Å². The van der Waals surface area contributed by atoms with E-state index in [1.165, 1.54) is 11.3 Å². The van der Waals surface area contributed by atoms with E-state index >= 15 is 0 Å². The van der Waals surface area contributed by atoms with Crippen LogP contribution in [0.2, 0.25) is 0 Å². The van der Waals surface area contributed by atoms with Gasteiger partial charge in [-0.3, -0.25) is 5.10 Å². The molecule has 0 radical (unpaired) electrons. The van der Waals surface area contributed by atoms with Crippen molar-refractivity contribution in [3.05, 3.63) is 35.3 Å². The van der Waals surface area contributed by atoms with Crippen molar-refractivity contribution >= 4 is 44.2 Å². The zero-order valence-corrected chi connectivity index (χ0v) is 15.0. The Morgan fingerprint density at radius 2 is 2.11 bits per heavy atom. The van der Waals surface area contributed by atoms with E-state index in [2.05, 4.69) is 20.1 Å². The number of aromatic amines is 1. The molecule has 4 heterocycles. The number of ether oxygens (including phenoxy) is 1. The highest BCUT2D eigenvalue weighted by molar-refractivity contribution is 7.21. The molecule has 27 heavy (non-hydrogen) atoms. The summed E-state index contributed by atoms with van der Waals surface area (Å²) >= 11 is 1.21. The van der Waals surface area contributed by atoms with Gasteiger partial charge in [-0.05, 0) is 12.1 Å². The lowest BCUT2D eigenvalue weighted by atomic mass is 10.1. The van der Waals surface area contributed by atoms with Crippen molar-refractivity contribution in [2.75, 3.05) is 31.2 Å². The highest BCUT2D eigenvalue weighted by Crippen LogP contribution is 2.35. The summed E-state index contributed by atoms with van der Waals surface area (Å²) in [6, 6.07) is 7.44. The maximum absolute atomic E-state index is 11.5. The first-order chi connectivity index (χ1) is 13.2. The minimum atomic E-state index is -0.954. The fraction of sp³-hybridized carbons (Fsp3) is 0.222. The van der Waals surface area contributed by atoms with Gasteiger partial charge in [-0.2, -0.15) is 5.10 Å². The normalized spacial score (nSPS) is 14.9. The van der Waals surface area contributed by atoms with Gasteiger partial charge in [0.25, 0.3) is 0 Å². The molecule has 5 rings (SSSR count). The number of H-pyrrole nitrogens is 1. The number of anilines is 1. The molecule has 8 nitrogen and oxygen atoms in total. The molecule has 1 aliphatic rings. The first-order valence-corrected chi connectivity index (χ1v) is 9.32. The number of morpholine rings is 1. The number of nitrogens with one attached hydrogen (secondary N) is 1. The van der Waals surface area contributed by atoms with Crippen LogP contribution in [0.5, 0.6) is 0 Å². The van der Waals surface area contributed by atoms with Crippen LogP contribution in [0.4, 0.5) is 5.82 Å². The summed E-state index contributed by atoms with van der Waals surface area (Å²) in [5.41, 5.74) is 2.41. The SMILES string of the molecule is O=C(O)c1cc2nc(-c3cccc4[nH]ncc34)nc(N3CCOCC3)c2s1. The van der Waals surface area contributed by atoms with Crippen molar-refractivity contribution in [1.29, 1.82) is 0 Å². The Morgan fingerprint density at radius 3 is 2.93 bits per heavy atom. The summed E-state index contributed by atoms with van der Waals surface area (Å²) in [6.07, 6.45) is 1.75. The van der Waals surface area contributed by atoms with Gasteiger partial charge >= 0.3 is 5.97 Å². The summed E-state index contributed by atoms with van der Waals surface area (Å²) in [5, 5.41) is 17.4. The van der Waals surface area contributed by atoms with Crippen LogP contribution in [0.15, 0.2) is 30.5 Å². The molecule has 1 fully saturated rings. The number of rotatable bonds is 3. The molecule has 0 bridgehead atoms. The first-order valence-electron chi connectivity index (χ1n) is 8.51. The van der Waals surface area contributed by atoms with Crippen LogP contribution >= 0.6 is 11.3 Å². The predicted octanol–water partition coefficient (Wildman–Crippen LogP) is 2.77. The summed E-state index contributed by atoms with van der Waals surface area (Å²) in [6.45, 7) is 2.66. The minimum absolute atomic E-state index is 0.257. The summed E-state index contributed by atoms with van der Waals surface area (Å²) in [5.74, 6) is 0.367. The fourth-order valence-corrected chi connectivity index (χ4v) is 4.25.